The Kier molecular flexibility index (Phi) is 9.33. The number of carbonyl (C=O) groups excluding carboxylic acids is 3. The summed E-state index contributed by atoms with van der Waals surface area (Å²) in [4.78, 5) is 41.8. The van der Waals surface area contributed by atoms with Gasteiger partial charge in [0.05, 0.1) is 11.3 Å². The van der Waals surface area contributed by atoms with Crippen molar-refractivity contribution in [1.29, 1.82) is 0 Å². The summed E-state index contributed by atoms with van der Waals surface area (Å²) in [5.74, 6) is -0.656. The number of halogens is 1. The van der Waals surface area contributed by atoms with E-state index in [2.05, 4.69) is 22.6 Å². The molecule has 4 rings (SSSR count). The number of benzene rings is 2. The normalized spacial score (nSPS) is 19.8. The lowest BCUT2D eigenvalue weighted by Crippen LogP contribution is -2.60. The first-order chi connectivity index (χ1) is 17.6. The highest BCUT2D eigenvalue weighted by molar-refractivity contribution is 6.13. The number of rotatable bonds is 9. The summed E-state index contributed by atoms with van der Waals surface area (Å²) >= 11 is 0. The molecule has 2 aliphatic rings. The number of nitrogens with one attached hydrogen (secondary N) is 1. The molecule has 0 bridgehead atoms. The molecule has 2 aliphatic heterocycles. The summed E-state index contributed by atoms with van der Waals surface area (Å²) in [7, 11) is 1.67. The van der Waals surface area contributed by atoms with E-state index in [0.29, 0.717) is 25.8 Å². The van der Waals surface area contributed by atoms with Crippen LogP contribution in [0.5, 0.6) is 0 Å². The highest BCUT2D eigenvalue weighted by atomic mass is 35.5. The topological polar surface area (TPSA) is 108 Å². The summed E-state index contributed by atoms with van der Waals surface area (Å²) in [5.41, 5.74) is 7.05. The third-order valence-electron chi connectivity index (χ3n) is 7.26. The fourth-order valence-corrected chi connectivity index (χ4v) is 5.19. The Hall–Kier alpha value is -3.23. The van der Waals surface area contributed by atoms with Crippen LogP contribution >= 0.6 is 12.4 Å². The molecule has 204 valence electrons. The maximum atomic E-state index is 13.9. The third kappa shape index (κ3) is 6.42. The lowest BCUT2D eigenvalue weighted by molar-refractivity contribution is -0.142. The van der Waals surface area contributed by atoms with E-state index in [4.69, 9.17) is 5.73 Å². The maximum absolute atomic E-state index is 13.9. The second-order valence-electron chi connectivity index (χ2n) is 10.8. The van der Waals surface area contributed by atoms with Crippen LogP contribution in [0.25, 0.3) is 0 Å². The molecule has 1 saturated heterocycles. The van der Waals surface area contributed by atoms with Crippen molar-refractivity contribution in [2.45, 2.75) is 57.5 Å². The quantitative estimate of drug-likeness (QED) is 0.510. The zero-order valence-corrected chi connectivity index (χ0v) is 23.2. The highest BCUT2D eigenvalue weighted by Gasteiger charge is 2.53. The van der Waals surface area contributed by atoms with E-state index in [1.54, 1.807) is 25.8 Å². The van der Waals surface area contributed by atoms with Crippen molar-refractivity contribution in [1.82, 2.24) is 15.2 Å². The molecule has 0 unspecified atom stereocenters. The minimum Gasteiger partial charge on any atom is -0.343 e. The van der Waals surface area contributed by atoms with E-state index in [0.717, 1.165) is 24.1 Å². The third-order valence-corrected chi connectivity index (χ3v) is 7.26. The second-order valence-corrected chi connectivity index (χ2v) is 10.8. The Labute approximate surface area is 231 Å². The first-order valence-electron chi connectivity index (χ1n) is 12.9. The summed E-state index contributed by atoms with van der Waals surface area (Å²) in [6.45, 7) is 3.94. The number of hydrogen-bond acceptors (Lipinski definition) is 5. The molecule has 0 aliphatic carbocycles. The average molecular weight is 540 g/mol. The smallest absolute Gasteiger partial charge is 0.256 e. The van der Waals surface area contributed by atoms with E-state index in [1.807, 2.05) is 48.5 Å². The molecular weight excluding hydrogens is 502 g/mol. The van der Waals surface area contributed by atoms with Gasteiger partial charge in [0.25, 0.3) is 5.91 Å². The van der Waals surface area contributed by atoms with Crippen LogP contribution in [-0.4, -0.2) is 65.1 Å². The van der Waals surface area contributed by atoms with Gasteiger partial charge in [-0.05, 0) is 50.7 Å². The highest BCUT2D eigenvalue weighted by Crippen LogP contribution is 2.38. The molecule has 0 saturated carbocycles. The number of nitrogens with zero attached hydrogens (tertiary/aromatic N) is 3. The summed E-state index contributed by atoms with van der Waals surface area (Å²) in [6, 6.07) is 19.2. The van der Waals surface area contributed by atoms with Crippen LogP contribution in [-0.2, 0) is 27.2 Å². The fraction of sp³-hybridized carbons (Fsp3) is 0.448. The van der Waals surface area contributed by atoms with Crippen molar-refractivity contribution in [2.75, 3.05) is 20.1 Å². The van der Waals surface area contributed by atoms with Gasteiger partial charge in [-0.25, -0.2) is 5.01 Å². The lowest BCUT2D eigenvalue weighted by atomic mass is 9.73. The Morgan fingerprint density at radius 3 is 2.29 bits per heavy atom. The van der Waals surface area contributed by atoms with E-state index < -0.39 is 17.0 Å². The molecule has 3 amide bonds. The SMILES string of the molecule is CN1N=C2CCN(C(=O)[C@@H](CCCc3ccccc3)NC(=O)C(C)(C)N)C[C@]2(Cc2ccccc2)C1=O.Cl. The molecule has 9 heteroatoms. The molecule has 0 spiro atoms. The standard InChI is InChI=1S/C29H37N5O3.ClH/c1-28(2,30)26(36)31-23(16-10-15-21-11-6-4-7-12-21)25(35)34-18-17-24-29(20-34,27(37)33(3)32-24)19-22-13-8-5-9-14-22;/h4-9,11-14,23H,10,15-20,30H2,1-3H3,(H,31,36);1H/t23-,29+;/m1./s1. The molecule has 3 N–H and O–H groups in total. The Bertz CT molecular complexity index is 1170. The van der Waals surface area contributed by atoms with Crippen molar-refractivity contribution in [3.8, 4) is 0 Å². The minimum atomic E-state index is -1.11. The van der Waals surface area contributed by atoms with Gasteiger partial charge in [-0.2, -0.15) is 5.10 Å². The van der Waals surface area contributed by atoms with E-state index in [9.17, 15) is 14.4 Å². The van der Waals surface area contributed by atoms with Crippen molar-refractivity contribution in [2.24, 2.45) is 16.3 Å². The number of carbonyl (C=O) groups is 3. The monoisotopic (exact) mass is 539 g/mol. The molecule has 38 heavy (non-hydrogen) atoms. The number of piperidine rings is 1. The van der Waals surface area contributed by atoms with Gasteiger partial charge < -0.3 is 16.0 Å². The van der Waals surface area contributed by atoms with Gasteiger partial charge in [-0.15, -0.1) is 12.4 Å². The largest absolute Gasteiger partial charge is 0.343 e. The predicted molar refractivity (Wildman–Crippen MR) is 151 cm³/mol. The van der Waals surface area contributed by atoms with Crippen LogP contribution in [0.15, 0.2) is 65.8 Å². The molecule has 2 aromatic rings. The van der Waals surface area contributed by atoms with Crippen molar-refractivity contribution in [3.05, 3.63) is 71.8 Å². The van der Waals surface area contributed by atoms with Crippen LogP contribution < -0.4 is 11.1 Å². The van der Waals surface area contributed by atoms with Crippen molar-refractivity contribution in [3.63, 3.8) is 0 Å². The van der Waals surface area contributed by atoms with Gasteiger partial charge in [-0.1, -0.05) is 60.7 Å². The van der Waals surface area contributed by atoms with Gasteiger partial charge in [0.15, 0.2) is 0 Å². The Balaban J connectivity index is 0.00000400. The fourth-order valence-electron chi connectivity index (χ4n) is 5.19. The molecular formula is C29H38ClN5O3. The van der Waals surface area contributed by atoms with Gasteiger partial charge in [0.2, 0.25) is 11.8 Å². The van der Waals surface area contributed by atoms with E-state index in [-0.39, 0.29) is 36.7 Å². The molecule has 1 fully saturated rings. The molecule has 2 aromatic carbocycles. The first-order valence-corrected chi connectivity index (χ1v) is 12.9. The van der Waals surface area contributed by atoms with Crippen LogP contribution in [0.2, 0.25) is 0 Å². The summed E-state index contributed by atoms with van der Waals surface area (Å²) < 4.78 is 0. The summed E-state index contributed by atoms with van der Waals surface area (Å²) in [5, 5.41) is 8.85. The Morgan fingerprint density at radius 2 is 1.68 bits per heavy atom. The van der Waals surface area contributed by atoms with E-state index in [1.165, 1.54) is 10.6 Å². The van der Waals surface area contributed by atoms with Crippen LogP contribution in [0.1, 0.15) is 44.2 Å². The molecule has 8 nitrogen and oxygen atoms in total. The number of nitrogens with two attached hydrogens (primary N) is 1. The van der Waals surface area contributed by atoms with Crippen LogP contribution in [0.3, 0.4) is 0 Å². The lowest BCUT2D eigenvalue weighted by Gasteiger charge is -2.41. The number of aryl methyl sites for hydroxylation is 1. The molecule has 0 radical (unpaired) electrons. The molecule has 2 heterocycles. The number of likely N-dealkylation sites (tertiary alicyclic amines) is 1. The van der Waals surface area contributed by atoms with Gasteiger partial charge in [0, 0.05) is 26.6 Å². The van der Waals surface area contributed by atoms with Crippen molar-refractivity contribution >= 4 is 35.8 Å². The Morgan fingerprint density at radius 1 is 1.08 bits per heavy atom. The van der Waals surface area contributed by atoms with Crippen LogP contribution in [0.4, 0.5) is 0 Å². The number of fused-ring (bicyclic) bond motifs is 1. The van der Waals surface area contributed by atoms with Crippen LogP contribution in [0, 0.1) is 5.41 Å². The summed E-state index contributed by atoms with van der Waals surface area (Å²) in [6.07, 6.45) is 2.99. The van der Waals surface area contributed by atoms with E-state index >= 15 is 0 Å². The zero-order chi connectivity index (χ0) is 26.6. The minimum absolute atomic E-state index is 0. The average Bonchev–Trinajstić information content (AvgIpc) is 3.12. The van der Waals surface area contributed by atoms with Gasteiger partial charge in [0.1, 0.15) is 11.5 Å². The van der Waals surface area contributed by atoms with Gasteiger partial charge in [-0.3, -0.25) is 14.4 Å². The second kappa shape index (κ2) is 12.1. The molecule has 2 atom stereocenters. The van der Waals surface area contributed by atoms with Crippen molar-refractivity contribution < 1.29 is 14.4 Å². The number of amides is 3. The number of hydrazone groups is 1. The molecule has 0 aromatic heterocycles. The maximum Gasteiger partial charge on any atom is 0.256 e. The number of hydrogen-bond donors (Lipinski definition) is 2. The van der Waals surface area contributed by atoms with Gasteiger partial charge >= 0.3 is 0 Å². The first kappa shape index (κ1) is 29.3. The zero-order valence-electron chi connectivity index (χ0n) is 22.4. The predicted octanol–water partition coefficient (Wildman–Crippen LogP) is 2.94.